The zero-order chi connectivity index (χ0) is 18.4. The number of hydrogen-bond donors (Lipinski definition) is 0. The molecule has 0 fully saturated rings. The van der Waals surface area contributed by atoms with Crippen molar-refractivity contribution in [2.75, 3.05) is 20.6 Å². The zero-order valence-corrected chi connectivity index (χ0v) is 17.4. The van der Waals surface area contributed by atoms with Crippen molar-refractivity contribution in [3.8, 4) is 0 Å². The van der Waals surface area contributed by atoms with Gasteiger partial charge in [-0.2, -0.15) is 0 Å². The smallest absolute Gasteiger partial charge is 0.252 e. The normalized spacial score (nSPS) is 11.7. The number of benzene rings is 1. The van der Waals surface area contributed by atoms with Crippen LogP contribution in [-0.4, -0.2) is 44.2 Å². The molecule has 8 heteroatoms. The summed E-state index contributed by atoms with van der Waals surface area (Å²) in [6.07, 6.45) is 0.797. The minimum Gasteiger partial charge on any atom is -0.341 e. The summed E-state index contributed by atoms with van der Waals surface area (Å²) in [6.45, 7) is 0.832. The van der Waals surface area contributed by atoms with E-state index in [0.29, 0.717) is 30.1 Å². The monoisotopic (exact) mass is 444 g/mol. The van der Waals surface area contributed by atoms with Gasteiger partial charge in [0.15, 0.2) is 0 Å². The van der Waals surface area contributed by atoms with Crippen LogP contribution >= 0.6 is 27.3 Å². The van der Waals surface area contributed by atoms with Crippen LogP contribution in [0.15, 0.2) is 50.5 Å². The largest absolute Gasteiger partial charge is 0.341 e. The van der Waals surface area contributed by atoms with Gasteiger partial charge in [0.25, 0.3) is 10.0 Å². The second-order valence-electron chi connectivity index (χ2n) is 5.70. The van der Waals surface area contributed by atoms with Crippen LogP contribution in [0.4, 0.5) is 0 Å². The summed E-state index contributed by atoms with van der Waals surface area (Å²) < 4.78 is 27.2. The summed E-state index contributed by atoms with van der Waals surface area (Å²) in [7, 11) is -0.143. The summed E-state index contributed by atoms with van der Waals surface area (Å²) >= 11 is 4.67. The summed E-state index contributed by atoms with van der Waals surface area (Å²) in [4.78, 5) is 13.9. The first-order valence-electron chi connectivity index (χ1n) is 7.79. The topological polar surface area (TPSA) is 57.7 Å². The quantitative estimate of drug-likeness (QED) is 0.624. The van der Waals surface area contributed by atoms with Gasteiger partial charge in [0.05, 0.1) is 0 Å². The molecule has 2 aromatic rings. The van der Waals surface area contributed by atoms with Crippen LogP contribution in [0.2, 0.25) is 0 Å². The van der Waals surface area contributed by atoms with Gasteiger partial charge < -0.3 is 4.90 Å². The number of amides is 1. The van der Waals surface area contributed by atoms with Crippen LogP contribution in [0, 0.1) is 0 Å². The van der Waals surface area contributed by atoms with E-state index in [2.05, 4.69) is 15.9 Å². The van der Waals surface area contributed by atoms with Gasteiger partial charge >= 0.3 is 0 Å². The zero-order valence-electron chi connectivity index (χ0n) is 14.2. The number of sulfonamides is 1. The van der Waals surface area contributed by atoms with Gasteiger partial charge in [-0.25, -0.2) is 12.7 Å². The van der Waals surface area contributed by atoms with Crippen LogP contribution in [0.1, 0.15) is 18.4 Å². The van der Waals surface area contributed by atoms with Gasteiger partial charge in [-0.15, -0.1) is 11.3 Å². The molecule has 1 aromatic carbocycles. The number of carbonyl (C=O) groups is 1. The van der Waals surface area contributed by atoms with Crippen molar-refractivity contribution in [2.45, 2.75) is 23.6 Å². The molecule has 5 nitrogen and oxygen atoms in total. The number of hydrogen-bond acceptors (Lipinski definition) is 4. The highest BCUT2D eigenvalue weighted by Gasteiger charge is 2.21. The molecular weight excluding hydrogens is 424 g/mol. The van der Waals surface area contributed by atoms with E-state index in [0.717, 1.165) is 10.0 Å². The Hall–Kier alpha value is -1.22. The van der Waals surface area contributed by atoms with Crippen molar-refractivity contribution >= 4 is 43.2 Å². The highest BCUT2D eigenvalue weighted by molar-refractivity contribution is 9.10. The van der Waals surface area contributed by atoms with Crippen LogP contribution in [-0.2, 0) is 21.4 Å². The van der Waals surface area contributed by atoms with Crippen LogP contribution in [0.5, 0.6) is 0 Å². The lowest BCUT2D eigenvalue weighted by atomic mass is 10.2. The Morgan fingerprint density at radius 3 is 2.52 bits per heavy atom. The van der Waals surface area contributed by atoms with Crippen molar-refractivity contribution in [1.82, 2.24) is 9.21 Å². The fourth-order valence-electron chi connectivity index (χ4n) is 2.30. The predicted octanol–water partition coefficient (Wildman–Crippen LogP) is 3.57. The van der Waals surface area contributed by atoms with E-state index in [4.69, 9.17) is 0 Å². The average molecular weight is 445 g/mol. The maximum atomic E-state index is 12.3. The molecule has 1 amide bonds. The lowest BCUT2D eigenvalue weighted by Gasteiger charge is -2.19. The van der Waals surface area contributed by atoms with E-state index in [9.17, 15) is 13.2 Å². The molecule has 25 heavy (non-hydrogen) atoms. The van der Waals surface area contributed by atoms with Crippen molar-refractivity contribution < 1.29 is 13.2 Å². The number of thiophene rings is 1. The van der Waals surface area contributed by atoms with Crippen LogP contribution in [0.25, 0.3) is 0 Å². The second-order valence-corrected chi connectivity index (χ2v) is 9.78. The Morgan fingerprint density at radius 1 is 1.16 bits per heavy atom. The third-order valence-electron chi connectivity index (χ3n) is 3.81. The highest BCUT2D eigenvalue weighted by Crippen LogP contribution is 2.20. The van der Waals surface area contributed by atoms with Gasteiger partial charge in [-0.05, 0) is 29.5 Å². The molecule has 0 radical (unpaired) electrons. The van der Waals surface area contributed by atoms with Gasteiger partial charge in [-0.1, -0.05) is 40.2 Å². The van der Waals surface area contributed by atoms with Gasteiger partial charge in [0.1, 0.15) is 4.21 Å². The fourth-order valence-corrected chi connectivity index (χ4v) is 5.12. The molecule has 0 aliphatic carbocycles. The maximum absolute atomic E-state index is 12.3. The van der Waals surface area contributed by atoms with Crippen LogP contribution < -0.4 is 0 Å². The Morgan fingerprint density at radius 2 is 1.88 bits per heavy atom. The summed E-state index contributed by atoms with van der Waals surface area (Å²) in [5, 5.41) is 1.74. The second kappa shape index (κ2) is 8.93. The van der Waals surface area contributed by atoms with Gasteiger partial charge in [0, 0.05) is 38.1 Å². The first-order valence-corrected chi connectivity index (χ1v) is 10.9. The number of carbonyl (C=O) groups excluding carboxylic acids is 1. The number of rotatable bonds is 8. The SMILES string of the molecule is CN(Cc1ccccc1Br)C(=O)CCCN(C)S(=O)(=O)c1cccs1. The standard InChI is InChI=1S/C17H21BrN2O3S2/c1-19(13-14-7-3-4-8-15(14)18)16(21)9-5-11-20(2)25(22,23)17-10-6-12-24-17/h3-4,6-8,10,12H,5,9,11,13H2,1-2H3. The summed E-state index contributed by atoms with van der Waals surface area (Å²) in [5.41, 5.74) is 1.04. The molecule has 0 bridgehead atoms. The van der Waals surface area contributed by atoms with Crippen LogP contribution in [0.3, 0.4) is 0 Å². The Labute approximate surface area is 161 Å². The Kier molecular flexibility index (Phi) is 7.18. The van der Waals surface area contributed by atoms with E-state index < -0.39 is 10.0 Å². The minimum atomic E-state index is -3.45. The lowest BCUT2D eigenvalue weighted by molar-refractivity contribution is -0.130. The van der Waals surface area contributed by atoms with Crippen molar-refractivity contribution in [2.24, 2.45) is 0 Å². The molecule has 0 N–H and O–H groups in total. The first-order chi connectivity index (χ1) is 11.8. The molecule has 0 aliphatic heterocycles. The summed E-state index contributed by atoms with van der Waals surface area (Å²) in [6, 6.07) is 11.1. The molecule has 136 valence electrons. The number of nitrogens with zero attached hydrogens (tertiary/aromatic N) is 2. The molecule has 0 saturated heterocycles. The molecule has 2 rings (SSSR count). The molecule has 0 saturated carbocycles. The van der Waals surface area contributed by atoms with E-state index in [1.54, 1.807) is 36.5 Å². The summed E-state index contributed by atoms with van der Waals surface area (Å²) in [5.74, 6) is -0.00215. The van der Waals surface area contributed by atoms with E-state index in [-0.39, 0.29) is 5.91 Å². The van der Waals surface area contributed by atoms with E-state index >= 15 is 0 Å². The molecule has 1 aromatic heterocycles. The van der Waals surface area contributed by atoms with Crippen molar-refractivity contribution in [3.63, 3.8) is 0 Å². The van der Waals surface area contributed by atoms with E-state index in [1.165, 1.54) is 15.6 Å². The molecular formula is C17H21BrN2O3S2. The van der Waals surface area contributed by atoms with Crippen molar-refractivity contribution in [3.05, 3.63) is 51.8 Å². The minimum absolute atomic E-state index is 0.00215. The predicted molar refractivity (Wildman–Crippen MR) is 104 cm³/mol. The lowest BCUT2D eigenvalue weighted by Crippen LogP contribution is -2.30. The average Bonchev–Trinajstić information content (AvgIpc) is 3.12. The Bertz CT molecular complexity index is 807. The highest BCUT2D eigenvalue weighted by atomic mass is 79.9. The molecule has 0 spiro atoms. The fraction of sp³-hybridized carbons (Fsp3) is 0.353. The van der Waals surface area contributed by atoms with Gasteiger partial charge in [0.2, 0.25) is 5.91 Å². The third kappa shape index (κ3) is 5.37. The number of halogens is 1. The van der Waals surface area contributed by atoms with Crippen molar-refractivity contribution in [1.29, 1.82) is 0 Å². The van der Waals surface area contributed by atoms with Gasteiger partial charge in [-0.3, -0.25) is 4.79 Å². The Balaban J connectivity index is 1.83. The molecule has 0 atom stereocenters. The maximum Gasteiger partial charge on any atom is 0.252 e. The molecule has 0 unspecified atom stereocenters. The molecule has 0 aliphatic rings. The molecule has 1 heterocycles. The first kappa shape index (κ1) is 20.1. The third-order valence-corrected chi connectivity index (χ3v) is 7.82. The van der Waals surface area contributed by atoms with E-state index in [1.807, 2.05) is 24.3 Å².